The van der Waals surface area contributed by atoms with Gasteiger partial charge >= 0.3 is 5.97 Å². The van der Waals surface area contributed by atoms with Gasteiger partial charge in [-0.05, 0) is 24.1 Å². The molecule has 1 aromatic carbocycles. The van der Waals surface area contributed by atoms with Gasteiger partial charge in [0.1, 0.15) is 0 Å². The Morgan fingerprint density at radius 2 is 1.89 bits per heavy atom. The molecule has 4 nitrogen and oxygen atoms in total. The van der Waals surface area contributed by atoms with Crippen LogP contribution in [0.5, 0.6) is 0 Å². The first-order chi connectivity index (χ1) is 8.90. The number of rotatable bonds is 6. The van der Waals surface area contributed by atoms with Crippen molar-refractivity contribution < 1.29 is 14.7 Å². The van der Waals surface area contributed by atoms with Gasteiger partial charge in [-0.1, -0.05) is 35.0 Å². The van der Waals surface area contributed by atoms with Crippen LogP contribution < -0.4 is 0 Å². The summed E-state index contributed by atoms with van der Waals surface area (Å²) in [5.74, 6) is -1.45. The first-order valence-corrected chi connectivity index (χ1v) is 6.90. The fourth-order valence-electron chi connectivity index (χ4n) is 1.68. The van der Waals surface area contributed by atoms with Crippen LogP contribution in [-0.2, 0) is 16.0 Å². The van der Waals surface area contributed by atoms with Crippen LogP contribution >= 0.6 is 15.9 Å². The molecule has 1 amide bonds. The lowest BCUT2D eigenvalue weighted by Gasteiger charge is -2.19. The molecule has 0 aliphatic rings. The number of hydrogen-bond donors (Lipinski definition) is 1. The highest BCUT2D eigenvalue weighted by atomic mass is 79.9. The number of aliphatic carboxylic acids is 1. The van der Waals surface area contributed by atoms with Gasteiger partial charge in [0.05, 0.1) is 5.92 Å². The topological polar surface area (TPSA) is 57.6 Å². The molecule has 0 unspecified atom stereocenters. The second-order valence-corrected chi connectivity index (χ2v) is 5.56. The van der Waals surface area contributed by atoms with Crippen molar-refractivity contribution in [3.05, 3.63) is 34.3 Å². The van der Waals surface area contributed by atoms with E-state index in [1.807, 2.05) is 24.3 Å². The summed E-state index contributed by atoms with van der Waals surface area (Å²) >= 11 is 3.36. The highest BCUT2D eigenvalue weighted by molar-refractivity contribution is 9.10. The number of carboxylic acid groups (broad SMARTS) is 1. The number of amides is 1. The van der Waals surface area contributed by atoms with Crippen molar-refractivity contribution in [3.63, 3.8) is 0 Å². The largest absolute Gasteiger partial charge is 0.481 e. The van der Waals surface area contributed by atoms with Crippen LogP contribution in [0.3, 0.4) is 0 Å². The van der Waals surface area contributed by atoms with Crippen molar-refractivity contribution in [3.8, 4) is 0 Å². The molecular formula is C14H18BrNO3. The van der Waals surface area contributed by atoms with Gasteiger partial charge in [0.2, 0.25) is 5.91 Å². The SMILES string of the molecule is C[C@H](CN(C)C(=O)CCc1ccc(Br)cc1)C(=O)O. The predicted molar refractivity (Wildman–Crippen MR) is 76.9 cm³/mol. The predicted octanol–water partition coefficient (Wildman–Crippen LogP) is 2.56. The molecule has 1 aromatic rings. The maximum Gasteiger partial charge on any atom is 0.308 e. The molecule has 19 heavy (non-hydrogen) atoms. The summed E-state index contributed by atoms with van der Waals surface area (Å²) in [5.41, 5.74) is 1.09. The summed E-state index contributed by atoms with van der Waals surface area (Å²) in [6, 6.07) is 7.82. The highest BCUT2D eigenvalue weighted by Gasteiger charge is 2.17. The number of hydrogen-bond acceptors (Lipinski definition) is 2. The first kappa shape index (κ1) is 15.7. The van der Waals surface area contributed by atoms with Gasteiger partial charge in [-0.15, -0.1) is 0 Å². The zero-order valence-corrected chi connectivity index (χ0v) is 12.7. The number of carbonyl (C=O) groups is 2. The minimum Gasteiger partial charge on any atom is -0.481 e. The van der Waals surface area contributed by atoms with Gasteiger partial charge in [0.15, 0.2) is 0 Å². The van der Waals surface area contributed by atoms with Gasteiger partial charge in [0, 0.05) is 24.5 Å². The average molecular weight is 328 g/mol. The lowest BCUT2D eigenvalue weighted by Crippen LogP contribution is -2.33. The molecule has 104 valence electrons. The van der Waals surface area contributed by atoms with E-state index in [1.165, 1.54) is 4.90 Å². The third-order valence-corrected chi connectivity index (χ3v) is 3.46. The monoisotopic (exact) mass is 327 g/mol. The average Bonchev–Trinajstić information content (AvgIpc) is 2.37. The Bertz CT molecular complexity index is 445. The lowest BCUT2D eigenvalue weighted by atomic mass is 10.1. The van der Waals surface area contributed by atoms with E-state index in [2.05, 4.69) is 15.9 Å². The number of nitrogens with zero attached hydrogens (tertiary/aromatic N) is 1. The number of aryl methyl sites for hydroxylation is 1. The minimum atomic E-state index is -0.882. The van der Waals surface area contributed by atoms with Gasteiger partial charge in [-0.25, -0.2) is 0 Å². The van der Waals surface area contributed by atoms with Gasteiger partial charge < -0.3 is 10.0 Å². The fraction of sp³-hybridized carbons (Fsp3) is 0.429. The van der Waals surface area contributed by atoms with Crippen LogP contribution in [0.4, 0.5) is 0 Å². The standard InChI is InChI=1S/C14H18BrNO3/c1-10(14(18)19)9-16(2)13(17)8-5-11-3-6-12(15)7-4-11/h3-4,6-7,10H,5,8-9H2,1-2H3,(H,18,19)/t10-/m1/s1. The van der Waals surface area contributed by atoms with E-state index in [0.717, 1.165) is 10.0 Å². The zero-order chi connectivity index (χ0) is 14.4. The molecule has 0 heterocycles. The Balaban J connectivity index is 2.42. The molecule has 0 fully saturated rings. The van der Waals surface area contributed by atoms with Crippen LogP contribution in [-0.4, -0.2) is 35.5 Å². The number of carboxylic acids is 1. The Labute approximate surface area is 121 Å². The van der Waals surface area contributed by atoms with Crippen LogP contribution in [0, 0.1) is 5.92 Å². The summed E-state index contributed by atoms with van der Waals surface area (Å²) < 4.78 is 1.01. The molecule has 0 aliphatic carbocycles. The van der Waals surface area contributed by atoms with Crippen molar-refractivity contribution in [2.45, 2.75) is 19.8 Å². The molecule has 0 saturated carbocycles. The van der Waals surface area contributed by atoms with Gasteiger partial charge in [-0.2, -0.15) is 0 Å². The number of carbonyl (C=O) groups excluding carboxylic acids is 1. The lowest BCUT2D eigenvalue weighted by molar-refractivity contribution is -0.142. The van der Waals surface area contributed by atoms with E-state index in [9.17, 15) is 9.59 Å². The molecule has 0 aliphatic heterocycles. The fourth-order valence-corrected chi connectivity index (χ4v) is 1.95. The third kappa shape index (κ3) is 5.42. The smallest absolute Gasteiger partial charge is 0.308 e. The minimum absolute atomic E-state index is 0.0315. The third-order valence-electron chi connectivity index (χ3n) is 2.94. The van der Waals surface area contributed by atoms with Crippen molar-refractivity contribution in [2.24, 2.45) is 5.92 Å². The molecule has 0 radical (unpaired) electrons. The first-order valence-electron chi connectivity index (χ1n) is 6.11. The Hall–Kier alpha value is -1.36. The van der Waals surface area contributed by atoms with Crippen LogP contribution in [0.2, 0.25) is 0 Å². The molecule has 1 N–H and O–H groups in total. The van der Waals surface area contributed by atoms with Crippen LogP contribution in [0.1, 0.15) is 18.9 Å². The summed E-state index contributed by atoms with van der Waals surface area (Å²) in [5, 5.41) is 8.80. The van der Waals surface area contributed by atoms with Crippen LogP contribution in [0.25, 0.3) is 0 Å². The maximum absolute atomic E-state index is 11.9. The Morgan fingerprint density at radius 3 is 2.42 bits per heavy atom. The number of halogens is 1. The number of benzene rings is 1. The summed E-state index contributed by atoms with van der Waals surface area (Å²) in [4.78, 5) is 24.1. The maximum atomic E-state index is 11.9. The van der Waals surface area contributed by atoms with Crippen molar-refractivity contribution in [1.82, 2.24) is 4.90 Å². The van der Waals surface area contributed by atoms with E-state index < -0.39 is 11.9 Å². The van der Waals surface area contributed by atoms with E-state index in [0.29, 0.717) is 12.8 Å². The molecule has 0 aromatic heterocycles. The Kier molecular flexibility index (Phi) is 6.02. The molecular weight excluding hydrogens is 310 g/mol. The molecule has 5 heteroatoms. The van der Waals surface area contributed by atoms with Crippen molar-refractivity contribution in [1.29, 1.82) is 0 Å². The van der Waals surface area contributed by atoms with Gasteiger partial charge in [0.25, 0.3) is 0 Å². The van der Waals surface area contributed by atoms with E-state index in [1.54, 1.807) is 14.0 Å². The molecule has 1 atom stereocenters. The van der Waals surface area contributed by atoms with Crippen LogP contribution in [0.15, 0.2) is 28.7 Å². The van der Waals surface area contributed by atoms with Crippen molar-refractivity contribution >= 4 is 27.8 Å². The molecule has 1 rings (SSSR count). The van der Waals surface area contributed by atoms with E-state index >= 15 is 0 Å². The molecule has 0 saturated heterocycles. The zero-order valence-electron chi connectivity index (χ0n) is 11.1. The quantitative estimate of drug-likeness (QED) is 0.873. The summed E-state index contributed by atoms with van der Waals surface area (Å²) in [6.07, 6.45) is 1.06. The summed E-state index contributed by atoms with van der Waals surface area (Å²) in [7, 11) is 1.64. The van der Waals surface area contributed by atoms with Crippen molar-refractivity contribution in [2.75, 3.05) is 13.6 Å². The van der Waals surface area contributed by atoms with Gasteiger partial charge in [-0.3, -0.25) is 9.59 Å². The molecule has 0 bridgehead atoms. The Morgan fingerprint density at radius 1 is 1.32 bits per heavy atom. The van der Waals surface area contributed by atoms with E-state index in [4.69, 9.17) is 5.11 Å². The second kappa shape index (κ2) is 7.28. The second-order valence-electron chi connectivity index (χ2n) is 4.64. The van der Waals surface area contributed by atoms with E-state index in [-0.39, 0.29) is 12.5 Å². The summed E-state index contributed by atoms with van der Waals surface area (Å²) in [6.45, 7) is 1.84. The molecule has 0 spiro atoms. The normalized spacial score (nSPS) is 11.9. The highest BCUT2D eigenvalue weighted by Crippen LogP contribution is 2.12.